The Bertz CT molecular complexity index is 1140. The van der Waals surface area contributed by atoms with Crippen molar-refractivity contribution in [2.75, 3.05) is 11.9 Å². The Kier molecular flexibility index (Phi) is 6.82. The highest BCUT2D eigenvalue weighted by Gasteiger charge is 2.25. The summed E-state index contributed by atoms with van der Waals surface area (Å²) in [6.45, 7) is 0.117. The average Bonchev–Trinajstić information content (AvgIpc) is 3.04. The number of aromatic hydroxyl groups is 1. The number of halogens is 2. The van der Waals surface area contributed by atoms with Gasteiger partial charge in [0.05, 0.1) is 30.1 Å². The Labute approximate surface area is 182 Å². The Hall–Kier alpha value is -3.82. The molecule has 0 aliphatic heterocycles. The van der Waals surface area contributed by atoms with Crippen LogP contribution in [0.4, 0.5) is 14.5 Å². The zero-order valence-electron chi connectivity index (χ0n) is 17.3. The number of nitrogens with zero attached hydrogens (tertiary/aromatic N) is 1. The van der Waals surface area contributed by atoms with Gasteiger partial charge in [0.2, 0.25) is 11.8 Å². The molecule has 2 aromatic carbocycles. The van der Waals surface area contributed by atoms with Crippen LogP contribution in [0.1, 0.15) is 31.9 Å². The number of carbonyl (C=O) groups excluding carboxylic acids is 1. The summed E-state index contributed by atoms with van der Waals surface area (Å²) in [4.78, 5) is 23.1. The van der Waals surface area contributed by atoms with E-state index in [0.717, 1.165) is 0 Å². The third-order valence-electron chi connectivity index (χ3n) is 4.73. The van der Waals surface area contributed by atoms with Gasteiger partial charge in [-0.1, -0.05) is 18.2 Å². The first-order valence-electron chi connectivity index (χ1n) is 9.74. The first-order valence-corrected chi connectivity index (χ1v) is 9.74. The van der Waals surface area contributed by atoms with Crippen LogP contribution in [0.3, 0.4) is 0 Å². The summed E-state index contributed by atoms with van der Waals surface area (Å²) in [5, 5.41) is 24.0. The number of hydrogen-bond donors (Lipinski definition) is 3. The lowest BCUT2D eigenvalue weighted by atomic mass is 10.0. The molecular weight excluding hydrogens is 426 g/mol. The fourth-order valence-corrected chi connectivity index (χ4v) is 3.53. The Balaban J connectivity index is 2.14. The highest BCUT2D eigenvalue weighted by atomic mass is 19.3. The number of aliphatic carboxylic acids is 1. The minimum Gasteiger partial charge on any atom is -0.494 e. The summed E-state index contributed by atoms with van der Waals surface area (Å²) < 4.78 is 36.7. The van der Waals surface area contributed by atoms with E-state index < -0.39 is 25.0 Å². The van der Waals surface area contributed by atoms with E-state index in [2.05, 4.69) is 10.1 Å². The molecule has 0 fully saturated rings. The molecule has 3 N–H and O–H groups in total. The van der Waals surface area contributed by atoms with Crippen LogP contribution in [0.15, 0.2) is 42.6 Å². The molecule has 32 heavy (non-hydrogen) atoms. The van der Waals surface area contributed by atoms with Gasteiger partial charge in [-0.2, -0.15) is 8.78 Å². The molecule has 0 bridgehead atoms. The Morgan fingerprint density at radius 2 is 1.94 bits per heavy atom. The van der Waals surface area contributed by atoms with E-state index in [0.29, 0.717) is 22.0 Å². The summed E-state index contributed by atoms with van der Waals surface area (Å²) in [5.74, 6) is -1.88. The van der Waals surface area contributed by atoms with Crippen molar-refractivity contribution in [3.05, 3.63) is 48.2 Å². The summed E-state index contributed by atoms with van der Waals surface area (Å²) >= 11 is 0. The molecule has 3 aromatic rings. The molecule has 0 aliphatic rings. The van der Waals surface area contributed by atoms with Gasteiger partial charge in [-0.15, -0.1) is 0 Å². The van der Waals surface area contributed by atoms with Crippen LogP contribution >= 0.6 is 0 Å². The number of hydrogen-bond acceptors (Lipinski definition) is 5. The number of anilines is 1. The van der Waals surface area contributed by atoms with Crippen LogP contribution in [0.25, 0.3) is 10.8 Å². The van der Waals surface area contributed by atoms with Gasteiger partial charge in [0.25, 0.3) is 0 Å². The van der Waals surface area contributed by atoms with Crippen LogP contribution in [-0.2, 0) is 9.59 Å². The predicted octanol–water partition coefficient (Wildman–Crippen LogP) is 4.37. The maximum atomic E-state index is 12.7. The zero-order valence-corrected chi connectivity index (χ0v) is 17.3. The van der Waals surface area contributed by atoms with Crippen LogP contribution < -0.4 is 14.8 Å². The number of ether oxygens (including phenoxy) is 2. The molecule has 1 unspecified atom stereocenters. The quantitative estimate of drug-likeness (QED) is 0.448. The molecule has 0 saturated carbocycles. The zero-order chi connectivity index (χ0) is 23.4. The molecule has 8 nitrogen and oxygen atoms in total. The van der Waals surface area contributed by atoms with E-state index in [-0.39, 0.29) is 29.9 Å². The molecular formula is C22H22F2N2O6. The van der Waals surface area contributed by atoms with Crippen molar-refractivity contribution in [3.8, 4) is 17.4 Å². The van der Waals surface area contributed by atoms with Crippen molar-refractivity contribution < 1.29 is 38.1 Å². The van der Waals surface area contributed by atoms with Crippen molar-refractivity contribution >= 4 is 28.3 Å². The summed E-state index contributed by atoms with van der Waals surface area (Å²) in [6, 6.07) is 8.23. The Morgan fingerprint density at radius 1 is 1.19 bits per heavy atom. The number of carbonyl (C=O) groups is 2. The van der Waals surface area contributed by atoms with E-state index in [4.69, 9.17) is 4.74 Å². The molecule has 0 radical (unpaired) electrons. The number of alkyl halides is 2. The van der Waals surface area contributed by atoms with Gasteiger partial charge in [0.15, 0.2) is 11.5 Å². The number of carboxylic acids is 1. The lowest BCUT2D eigenvalue weighted by Gasteiger charge is -2.21. The maximum Gasteiger partial charge on any atom is 0.387 e. The molecule has 0 spiro atoms. The van der Waals surface area contributed by atoms with Crippen LogP contribution in [0, 0.1) is 0 Å². The largest absolute Gasteiger partial charge is 0.494 e. The molecule has 10 heteroatoms. The highest BCUT2D eigenvalue weighted by molar-refractivity contribution is 6.04. The van der Waals surface area contributed by atoms with Crippen molar-refractivity contribution in [1.29, 1.82) is 0 Å². The van der Waals surface area contributed by atoms with Gasteiger partial charge in [-0.3, -0.25) is 9.59 Å². The van der Waals surface area contributed by atoms with Crippen molar-refractivity contribution in [3.63, 3.8) is 0 Å². The summed E-state index contributed by atoms with van der Waals surface area (Å²) in [5.41, 5.74) is 0.769. The number of fused-ring (bicyclic) bond motifs is 1. The number of rotatable bonds is 9. The number of benzene rings is 2. The van der Waals surface area contributed by atoms with E-state index in [1.54, 1.807) is 31.3 Å². The second-order valence-electron chi connectivity index (χ2n) is 6.94. The van der Waals surface area contributed by atoms with E-state index in [1.807, 2.05) is 0 Å². The molecule has 3 rings (SSSR count). The second kappa shape index (κ2) is 9.54. The minimum absolute atomic E-state index is 0.0239. The van der Waals surface area contributed by atoms with Crippen LogP contribution in [0.2, 0.25) is 0 Å². The van der Waals surface area contributed by atoms with E-state index in [1.165, 1.54) is 29.7 Å². The Morgan fingerprint density at radius 3 is 2.56 bits per heavy atom. The SMILES string of the molecule is CCOc1cc(C(CC(=O)O)n2cc3cccc(NC(C)=O)c3c2O)ccc1OC(F)F. The molecule has 1 heterocycles. The van der Waals surface area contributed by atoms with Gasteiger partial charge in [-0.05, 0) is 30.7 Å². The van der Waals surface area contributed by atoms with Gasteiger partial charge in [0, 0.05) is 18.5 Å². The number of carboxylic acid groups (broad SMARTS) is 1. The van der Waals surface area contributed by atoms with Gasteiger partial charge >= 0.3 is 12.6 Å². The first kappa shape index (κ1) is 22.9. The minimum atomic E-state index is -3.05. The maximum absolute atomic E-state index is 12.7. The lowest BCUT2D eigenvalue weighted by Crippen LogP contribution is -2.15. The van der Waals surface area contributed by atoms with Crippen molar-refractivity contribution in [2.24, 2.45) is 0 Å². The van der Waals surface area contributed by atoms with Crippen LogP contribution in [0.5, 0.6) is 17.4 Å². The number of nitrogens with one attached hydrogen (secondary N) is 1. The average molecular weight is 448 g/mol. The van der Waals surface area contributed by atoms with E-state index >= 15 is 0 Å². The fraction of sp³-hybridized carbons (Fsp3) is 0.273. The van der Waals surface area contributed by atoms with Crippen molar-refractivity contribution in [1.82, 2.24) is 4.57 Å². The van der Waals surface area contributed by atoms with E-state index in [9.17, 15) is 28.6 Å². The van der Waals surface area contributed by atoms with Gasteiger partial charge < -0.3 is 29.6 Å². The van der Waals surface area contributed by atoms with Gasteiger partial charge in [0.1, 0.15) is 0 Å². The van der Waals surface area contributed by atoms with Gasteiger partial charge in [-0.25, -0.2) is 0 Å². The third kappa shape index (κ3) is 4.90. The topological polar surface area (TPSA) is 110 Å². The smallest absolute Gasteiger partial charge is 0.387 e. The summed E-state index contributed by atoms with van der Waals surface area (Å²) in [6.07, 6.45) is 1.15. The molecule has 1 atom stereocenters. The molecule has 0 saturated heterocycles. The lowest BCUT2D eigenvalue weighted by molar-refractivity contribution is -0.137. The third-order valence-corrected chi connectivity index (χ3v) is 4.73. The number of aromatic nitrogens is 1. The summed E-state index contributed by atoms with van der Waals surface area (Å²) in [7, 11) is 0. The monoisotopic (exact) mass is 448 g/mol. The molecule has 1 amide bonds. The van der Waals surface area contributed by atoms with Crippen molar-refractivity contribution in [2.45, 2.75) is 32.9 Å². The van der Waals surface area contributed by atoms with Crippen LogP contribution in [-0.4, -0.2) is 39.9 Å². The number of amides is 1. The second-order valence-corrected chi connectivity index (χ2v) is 6.94. The predicted molar refractivity (Wildman–Crippen MR) is 113 cm³/mol. The molecule has 170 valence electrons. The molecule has 1 aromatic heterocycles. The highest BCUT2D eigenvalue weighted by Crippen LogP contribution is 2.40. The fourth-order valence-electron chi connectivity index (χ4n) is 3.53. The normalized spacial score (nSPS) is 12.0. The standard InChI is InChI=1S/C22H22F2N2O6/c1-3-31-18-9-13(7-8-17(18)32-22(23)24)16(10-19(28)29)26-11-14-5-4-6-15(25-12(2)27)20(14)21(26)30/h4-9,11,16,22,30H,3,10H2,1-2H3,(H,25,27)(H,28,29). The molecule has 0 aliphatic carbocycles. The first-order chi connectivity index (χ1) is 15.2.